The quantitative estimate of drug-likeness (QED) is 0.668. The Morgan fingerprint density at radius 3 is 2.00 bits per heavy atom. The van der Waals surface area contributed by atoms with Crippen molar-refractivity contribution in [3.05, 3.63) is 40.6 Å². The van der Waals surface area contributed by atoms with Crippen LogP contribution >= 0.6 is 0 Å². The van der Waals surface area contributed by atoms with E-state index in [0.717, 1.165) is 5.56 Å². The van der Waals surface area contributed by atoms with Gasteiger partial charge in [-0.2, -0.15) is 4.65 Å². The van der Waals surface area contributed by atoms with Crippen LogP contribution in [0.5, 0.6) is 0 Å². The number of hydrogen-bond acceptors (Lipinski definition) is 2. The van der Waals surface area contributed by atoms with Crippen LogP contribution in [0.3, 0.4) is 0 Å². The summed E-state index contributed by atoms with van der Waals surface area (Å²) in [7, 11) is 1.68. The van der Waals surface area contributed by atoms with E-state index in [-0.39, 0.29) is 14.7 Å². The minimum Gasteiger partial charge on any atom is -0.633 e. The zero-order valence-corrected chi connectivity index (χ0v) is 13.1. The van der Waals surface area contributed by atoms with Gasteiger partial charge in [-0.25, -0.2) is 5.21 Å². The summed E-state index contributed by atoms with van der Waals surface area (Å²) in [5, 5.41) is 22.4. The summed E-state index contributed by atoms with van der Waals surface area (Å²) in [4.78, 5) is 0. The second kappa shape index (κ2) is 5.11. The third kappa shape index (κ3) is 3.79. The first-order valence-corrected chi connectivity index (χ1v) is 7.34. The van der Waals surface area contributed by atoms with Crippen molar-refractivity contribution < 1.29 is 14.5 Å². The molecule has 0 spiro atoms. The number of piperazine rings is 1. The Balaban J connectivity index is 2.03. The lowest BCUT2D eigenvalue weighted by atomic mass is 9.87. The van der Waals surface area contributed by atoms with E-state index >= 15 is 0 Å². The van der Waals surface area contributed by atoms with Gasteiger partial charge in [-0.1, -0.05) is 45.0 Å². The molecule has 0 radical (unpaired) electrons. The lowest BCUT2D eigenvalue weighted by molar-refractivity contribution is -1.14. The standard InChI is InChI=1S/C16H27N2O2/c1-16(2,3)15-7-5-14(6-8-15)13-18(20)11-9-17(4,19)10-12-18/h5-8,20H,9-13H2,1-4H3/q+1. The molecule has 1 aliphatic heterocycles. The minimum atomic E-state index is -0.233. The highest BCUT2D eigenvalue weighted by Crippen LogP contribution is 2.24. The average molecular weight is 279 g/mol. The molecular weight excluding hydrogens is 252 g/mol. The highest BCUT2D eigenvalue weighted by molar-refractivity contribution is 5.27. The maximum Gasteiger partial charge on any atom is 0.159 e. The van der Waals surface area contributed by atoms with E-state index < -0.39 is 0 Å². The molecule has 1 N–H and O–H groups in total. The molecule has 1 aliphatic rings. The van der Waals surface area contributed by atoms with E-state index in [1.54, 1.807) is 7.05 Å². The number of nitrogens with zero attached hydrogens (tertiary/aromatic N) is 2. The third-order valence-corrected chi connectivity index (χ3v) is 4.28. The number of rotatable bonds is 2. The van der Waals surface area contributed by atoms with Gasteiger partial charge in [0.15, 0.2) is 13.1 Å². The molecule has 1 aromatic carbocycles. The van der Waals surface area contributed by atoms with Gasteiger partial charge in [0.1, 0.15) is 19.6 Å². The summed E-state index contributed by atoms with van der Waals surface area (Å²) >= 11 is 0. The first-order valence-electron chi connectivity index (χ1n) is 7.34. The second-order valence-electron chi connectivity index (χ2n) is 7.39. The van der Waals surface area contributed by atoms with Gasteiger partial charge in [0.2, 0.25) is 0 Å². The van der Waals surface area contributed by atoms with Gasteiger partial charge in [0, 0.05) is 5.56 Å². The summed E-state index contributed by atoms with van der Waals surface area (Å²) < 4.78 is -0.242. The largest absolute Gasteiger partial charge is 0.633 e. The van der Waals surface area contributed by atoms with Crippen LogP contribution in [0.2, 0.25) is 0 Å². The lowest BCUT2D eigenvalue weighted by Gasteiger charge is -2.46. The van der Waals surface area contributed by atoms with Gasteiger partial charge in [-0.3, -0.25) is 0 Å². The van der Waals surface area contributed by atoms with Crippen LogP contribution in [0.15, 0.2) is 24.3 Å². The summed E-state index contributed by atoms with van der Waals surface area (Å²) in [6.07, 6.45) is 0. The van der Waals surface area contributed by atoms with Crippen LogP contribution in [-0.4, -0.2) is 47.7 Å². The maximum atomic E-state index is 11.8. The number of likely N-dealkylation sites (N-methyl/N-ethyl adjacent to an activating group) is 1. The van der Waals surface area contributed by atoms with Gasteiger partial charge < -0.3 is 9.85 Å². The summed E-state index contributed by atoms with van der Waals surface area (Å²) in [6.45, 7) is 9.19. The highest BCUT2D eigenvalue weighted by atomic mass is 16.6. The number of hydrogen-bond donors (Lipinski definition) is 1. The molecule has 0 aromatic heterocycles. The molecule has 4 heteroatoms. The molecule has 112 valence electrons. The van der Waals surface area contributed by atoms with Crippen molar-refractivity contribution in [2.45, 2.75) is 32.7 Å². The van der Waals surface area contributed by atoms with Crippen LogP contribution in [0, 0.1) is 5.21 Å². The van der Waals surface area contributed by atoms with Gasteiger partial charge in [0.05, 0.1) is 7.05 Å². The van der Waals surface area contributed by atoms with Gasteiger partial charge >= 0.3 is 0 Å². The Morgan fingerprint density at radius 1 is 1.05 bits per heavy atom. The molecule has 20 heavy (non-hydrogen) atoms. The molecule has 0 unspecified atom stereocenters. The minimum absolute atomic E-state index is 0.00898. The van der Waals surface area contributed by atoms with Crippen molar-refractivity contribution in [3.8, 4) is 0 Å². The smallest absolute Gasteiger partial charge is 0.159 e. The number of hydroxylamine groups is 6. The van der Waals surface area contributed by atoms with Crippen LogP contribution in [0.1, 0.15) is 31.9 Å². The maximum absolute atomic E-state index is 11.8. The Bertz CT molecular complexity index is 450. The molecule has 1 aromatic rings. The van der Waals surface area contributed by atoms with E-state index in [4.69, 9.17) is 0 Å². The van der Waals surface area contributed by atoms with Crippen molar-refractivity contribution >= 4 is 0 Å². The SMILES string of the molecule is CC(C)(C)c1ccc(C[N+]2(O)CC[N+](C)([O-])CC2)cc1. The third-order valence-electron chi connectivity index (χ3n) is 4.28. The van der Waals surface area contributed by atoms with Crippen molar-refractivity contribution in [3.63, 3.8) is 0 Å². The molecule has 0 amide bonds. The molecule has 0 saturated carbocycles. The molecular formula is C16H27N2O2+. The zero-order chi connectivity index (χ0) is 15.0. The van der Waals surface area contributed by atoms with E-state index in [1.165, 1.54) is 5.56 Å². The van der Waals surface area contributed by atoms with Gasteiger partial charge in [-0.15, -0.1) is 0 Å². The fourth-order valence-corrected chi connectivity index (χ4v) is 2.63. The van der Waals surface area contributed by atoms with Gasteiger partial charge in [-0.05, 0) is 11.0 Å². The summed E-state index contributed by atoms with van der Waals surface area (Å²) in [5.41, 5.74) is 2.58. The second-order valence-corrected chi connectivity index (χ2v) is 7.39. The molecule has 1 heterocycles. The summed E-state index contributed by atoms with van der Waals surface area (Å²) in [6, 6.07) is 8.46. The van der Waals surface area contributed by atoms with Crippen molar-refractivity contribution in [2.24, 2.45) is 0 Å². The normalized spacial score (nSPS) is 31.3. The Labute approximate surface area is 122 Å². The first kappa shape index (κ1) is 15.4. The van der Waals surface area contributed by atoms with Crippen molar-refractivity contribution in [2.75, 3.05) is 33.2 Å². The van der Waals surface area contributed by atoms with Crippen LogP contribution in [0.25, 0.3) is 0 Å². The van der Waals surface area contributed by atoms with Crippen molar-refractivity contribution in [1.82, 2.24) is 0 Å². The molecule has 0 atom stereocenters. The van der Waals surface area contributed by atoms with Crippen LogP contribution < -0.4 is 0 Å². The average Bonchev–Trinajstić information content (AvgIpc) is 2.33. The number of benzene rings is 1. The topological polar surface area (TPSA) is 43.3 Å². The van der Waals surface area contributed by atoms with Crippen molar-refractivity contribution in [1.29, 1.82) is 0 Å². The summed E-state index contributed by atoms with van der Waals surface area (Å²) in [5.74, 6) is 0. The van der Waals surface area contributed by atoms with Crippen LogP contribution in [-0.2, 0) is 12.0 Å². The van der Waals surface area contributed by atoms with E-state index in [1.807, 2.05) is 0 Å². The molecule has 4 nitrogen and oxygen atoms in total. The van der Waals surface area contributed by atoms with E-state index in [0.29, 0.717) is 32.7 Å². The predicted octanol–water partition coefficient (Wildman–Crippen LogP) is 2.65. The molecule has 2 rings (SSSR count). The highest BCUT2D eigenvalue weighted by Gasteiger charge is 2.35. The van der Waals surface area contributed by atoms with E-state index in [2.05, 4.69) is 45.0 Å². The van der Waals surface area contributed by atoms with Gasteiger partial charge in [0.25, 0.3) is 0 Å². The zero-order valence-electron chi connectivity index (χ0n) is 13.1. The first-order chi connectivity index (χ1) is 9.10. The predicted molar refractivity (Wildman–Crippen MR) is 79.9 cm³/mol. The molecule has 1 saturated heterocycles. The monoisotopic (exact) mass is 279 g/mol. The van der Waals surface area contributed by atoms with Crippen LogP contribution in [0.4, 0.5) is 0 Å². The lowest BCUT2D eigenvalue weighted by Crippen LogP contribution is -2.61. The Hall–Kier alpha value is -0.940. The fraction of sp³-hybridized carbons (Fsp3) is 0.625. The molecule has 0 aliphatic carbocycles. The van der Waals surface area contributed by atoms with E-state index in [9.17, 15) is 10.4 Å². The molecule has 1 fully saturated rings. The number of quaternary nitrogens is 2. The molecule has 0 bridgehead atoms. The fourth-order valence-electron chi connectivity index (χ4n) is 2.63. The Kier molecular flexibility index (Phi) is 3.95. The Morgan fingerprint density at radius 2 is 1.55 bits per heavy atom.